The van der Waals surface area contributed by atoms with Gasteiger partial charge in [0, 0.05) is 12.3 Å². The molecule has 2 rings (SSSR count). The Morgan fingerprint density at radius 2 is 2.31 bits per heavy atom. The summed E-state index contributed by atoms with van der Waals surface area (Å²) in [6.07, 6.45) is 3.18. The van der Waals surface area contributed by atoms with E-state index in [2.05, 4.69) is 20.2 Å². The molecule has 0 aliphatic carbocycles. The summed E-state index contributed by atoms with van der Waals surface area (Å²) in [4.78, 5) is 17.5. The molecule has 2 heterocycles. The number of rotatable bonds is 1. The molecular formula is C7H7N5O. The summed E-state index contributed by atoms with van der Waals surface area (Å²) in [7, 11) is 0. The first-order valence-electron chi connectivity index (χ1n) is 3.62. The highest BCUT2D eigenvalue weighted by Gasteiger charge is 2.02. The number of hydrogen-bond donors (Lipinski definition) is 3. The van der Waals surface area contributed by atoms with Crippen molar-refractivity contribution in [2.75, 3.05) is 5.73 Å². The van der Waals surface area contributed by atoms with Crippen LogP contribution in [0.15, 0.2) is 23.3 Å². The highest BCUT2D eigenvalue weighted by molar-refractivity contribution is 5.53. The number of anilines is 1. The van der Waals surface area contributed by atoms with Crippen LogP contribution in [-0.4, -0.2) is 20.2 Å². The van der Waals surface area contributed by atoms with E-state index in [1.807, 2.05) is 0 Å². The van der Waals surface area contributed by atoms with Crippen molar-refractivity contribution in [3.05, 3.63) is 28.8 Å². The van der Waals surface area contributed by atoms with Crippen LogP contribution in [0.5, 0.6) is 0 Å². The van der Waals surface area contributed by atoms with Crippen LogP contribution in [0.25, 0.3) is 11.4 Å². The Morgan fingerprint density at radius 3 is 2.92 bits per heavy atom. The Labute approximate surface area is 72.8 Å². The van der Waals surface area contributed by atoms with Gasteiger partial charge < -0.3 is 10.7 Å². The number of nitrogens with one attached hydrogen (secondary N) is 2. The Balaban J connectivity index is 2.59. The van der Waals surface area contributed by atoms with E-state index in [-0.39, 0.29) is 11.4 Å². The monoisotopic (exact) mass is 177 g/mol. The molecule has 6 nitrogen and oxygen atoms in total. The molecule has 0 atom stereocenters. The fraction of sp³-hybridized carbons (Fsp3) is 0. The van der Waals surface area contributed by atoms with Gasteiger partial charge in [0.15, 0.2) is 0 Å². The second-order valence-electron chi connectivity index (χ2n) is 2.51. The van der Waals surface area contributed by atoms with Gasteiger partial charge in [-0.05, 0) is 0 Å². The molecule has 4 N–H and O–H groups in total. The fourth-order valence-electron chi connectivity index (χ4n) is 0.994. The van der Waals surface area contributed by atoms with E-state index >= 15 is 0 Å². The van der Waals surface area contributed by atoms with Gasteiger partial charge in [0.2, 0.25) is 0 Å². The Hall–Kier alpha value is -2.11. The number of nitrogen functional groups attached to an aromatic ring is 1. The van der Waals surface area contributed by atoms with E-state index in [9.17, 15) is 4.79 Å². The second kappa shape index (κ2) is 2.74. The number of nitrogens with two attached hydrogens (primary N) is 1. The van der Waals surface area contributed by atoms with Gasteiger partial charge in [0.1, 0.15) is 11.6 Å². The second-order valence-corrected chi connectivity index (χ2v) is 2.51. The first kappa shape index (κ1) is 7.53. The molecule has 2 aromatic heterocycles. The van der Waals surface area contributed by atoms with Crippen LogP contribution >= 0.6 is 0 Å². The zero-order valence-electron chi connectivity index (χ0n) is 6.61. The molecule has 0 aliphatic heterocycles. The van der Waals surface area contributed by atoms with E-state index in [4.69, 9.17) is 5.73 Å². The van der Waals surface area contributed by atoms with Crippen molar-refractivity contribution >= 4 is 5.82 Å². The van der Waals surface area contributed by atoms with Crippen molar-refractivity contribution in [3.63, 3.8) is 0 Å². The molecule has 0 aromatic carbocycles. The maximum atomic E-state index is 11.0. The van der Waals surface area contributed by atoms with Gasteiger partial charge in [-0.3, -0.25) is 9.89 Å². The van der Waals surface area contributed by atoms with Gasteiger partial charge in [-0.25, -0.2) is 4.98 Å². The SMILES string of the molecule is Nc1cc(=O)[nH]c(-c2cn[nH]c2)n1. The maximum Gasteiger partial charge on any atom is 0.253 e. The topological polar surface area (TPSA) is 100 Å². The van der Waals surface area contributed by atoms with Gasteiger partial charge in [0.05, 0.1) is 11.8 Å². The minimum absolute atomic E-state index is 0.194. The Bertz CT molecular complexity index is 458. The summed E-state index contributed by atoms with van der Waals surface area (Å²) in [5.74, 6) is 0.610. The number of H-pyrrole nitrogens is 2. The smallest absolute Gasteiger partial charge is 0.253 e. The first-order valence-corrected chi connectivity index (χ1v) is 3.62. The van der Waals surface area contributed by atoms with Crippen molar-refractivity contribution in [3.8, 4) is 11.4 Å². The van der Waals surface area contributed by atoms with E-state index in [1.165, 1.54) is 6.07 Å². The van der Waals surface area contributed by atoms with Gasteiger partial charge in [-0.15, -0.1) is 0 Å². The van der Waals surface area contributed by atoms with Crippen molar-refractivity contribution in [1.29, 1.82) is 0 Å². The zero-order chi connectivity index (χ0) is 9.26. The predicted molar refractivity (Wildman–Crippen MR) is 46.9 cm³/mol. The molecule has 13 heavy (non-hydrogen) atoms. The van der Waals surface area contributed by atoms with E-state index in [0.29, 0.717) is 11.4 Å². The Morgan fingerprint density at radius 1 is 1.46 bits per heavy atom. The highest BCUT2D eigenvalue weighted by Crippen LogP contribution is 2.10. The molecule has 0 saturated carbocycles. The van der Waals surface area contributed by atoms with Crippen molar-refractivity contribution in [2.24, 2.45) is 0 Å². The van der Waals surface area contributed by atoms with Crippen LogP contribution in [0, 0.1) is 0 Å². The third-order valence-electron chi connectivity index (χ3n) is 1.53. The molecule has 2 aromatic rings. The number of hydrogen-bond acceptors (Lipinski definition) is 4. The molecule has 6 heteroatoms. The van der Waals surface area contributed by atoms with E-state index < -0.39 is 0 Å². The number of aromatic nitrogens is 4. The van der Waals surface area contributed by atoms with Crippen molar-refractivity contribution in [1.82, 2.24) is 20.2 Å². The van der Waals surface area contributed by atoms with Gasteiger partial charge in [0.25, 0.3) is 5.56 Å². The third kappa shape index (κ3) is 1.41. The lowest BCUT2D eigenvalue weighted by Gasteiger charge is -1.96. The van der Waals surface area contributed by atoms with Gasteiger partial charge in [-0.2, -0.15) is 5.10 Å². The molecule has 0 saturated heterocycles. The maximum absolute atomic E-state index is 11.0. The Kier molecular flexibility index (Phi) is 1.59. The lowest BCUT2D eigenvalue weighted by atomic mass is 10.3. The molecule has 0 fully saturated rings. The quantitative estimate of drug-likeness (QED) is 0.558. The fourth-order valence-corrected chi connectivity index (χ4v) is 0.994. The summed E-state index contributed by atoms with van der Waals surface area (Å²) in [5.41, 5.74) is 5.83. The van der Waals surface area contributed by atoms with Gasteiger partial charge in [-0.1, -0.05) is 0 Å². The average Bonchev–Trinajstić information content (AvgIpc) is 2.53. The predicted octanol–water partition coefficient (Wildman–Crippen LogP) is -0.258. The van der Waals surface area contributed by atoms with Crippen LogP contribution in [0.1, 0.15) is 0 Å². The molecule has 66 valence electrons. The van der Waals surface area contributed by atoms with Crippen molar-refractivity contribution in [2.45, 2.75) is 0 Å². The van der Waals surface area contributed by atoms with Crippen LogP contribution in [0.2, 0.25) is 0 Å². The summed E-state index contributed by atoms with van der Waals surface area (Å²) in [5, 5.41) is 6.34. The summed E-state index contributed by atoms with van der Waals surface area (Å²) < 4.78 is 0. The lowest BCUT2D eigenvalue weighted by molar-refractivity contribution is 1.09. The van der Waals surface area contributed by atoms with E-state index in [1.54, 1.807) is 12.4 Å². The molecule has 0 spiro atoms. The third-order valence-corrected chi connectivity index (χ3v) is 1.53. The van der Waals surface area contributed by atoms with Crippen LogP contribution < -0.4 is 11.3 Å². The zero-order valence-corrected chi connectivity index (χ0v) is 6.61. The average molecular weight is 177 g/mol. The van der Waals surface area contributed by atoms with Crippen LogP contribution in [0.4, 0.5) is 5.82 Å². The molecule has 0 aliphatic rings. The standard InChI is InChI=1S/C7H7N5O/c8-5-1-6(13)12-7(11-5)4-2-9-10-3-4/h1-3H,(H,9,10)(H3,8,11,12,13). The molecule has 0 bridgehead atoms. The summed E-state index contributed by atoms with van der Waals surface area (Å²) >= 11 is 0. The van der Waals surface area contributed by atoms with Crippen LogP contribution in [0.3, 0.4) is 0 Å². The molecule has 0 unspecified atom stereocenters. The van der Waals surface area contributed by atoms with Crippen LogP contribution in [-0.2, 0) is 0 Å². The minimum atomic E-state index is -0.274. The molecule has 0 amide bonds. The number of aromatic amines is 2. The first-order chi connectivity index (χ1) is 6.25. The molecular weight excluding hydrogens is 170 g/mol. The molecule has 0 radical (unpaired) electrons. The van der Waals surface area contributed by atoms with E-state index in [0.717, 1.165) is 0 Å². The largest absolute Gasteiger partial charge is 0.383 e. The van der Waals surface area contributed by atoms with Gasteiger partial charge >= 0.3 is 0 Å². The highest BCUT2D eigenvalue weighted by atomic mass is 16.1. The number of nitrogens with zero attached hydrogens (tertiary/aromatic N) is 2. The normalized spacial score (nSPS) is 10.2. The lowest BCUT2D eigenvalue weighted by Crippen LogP contribution is -2.09. The summed E-state index contributed by atoms with van der Waals surface area (Å²) in [6, 6.07) is 1.23. The van der Waals surface area contributed by atoms with Crippen molar-refractivity contribution < 1.29 is 0 Å². The summed E-state index contributed by atoms with van der Waals surface area (Å²) in [6.45, 7) is 0. The minimum Gasteiger partial charge on any atom is -0.383 e.